The number of benzene rings is 6. The van der Waals surface area contributed by atoms with E-state index < -0.39 is 12.8 Å². The molecule has 3 aromatic heterocycles. The molecule has 0 bridgehead atoms. The Morgan fingerprint density at radius 3 is 1.98 bits per heavy atom. The molecule has 3 heterocycles. The highest BCUT2D eigenvalue weighted by molar-refractivity contribution is 6.17. The Morgan fingerprint density at radius 2 is 1.18 bits per heavy atom. The summed E-state index contributed by atoms with van der Waals surface area (Å²) >= 11 is 0. The standard InChI is InChI=1S/C45H30N4O/c1-3-14-29(15-4-1)31-18-11-19-32(28-31)44-46-43(30-16-5-2-6-17-30)47-45(48-44)35-22-12-26-39-41(35)42-38(25-13-27-40(42)50-39)49-36-23-9-7-20-33(36)34-21-8-10-24-37(34)49/h2-3,5-28H,1,4H2/i1D,3D,4D,14D,15D. The fraction of sp³-hybridized carbons (Fsp3) is 0.0444. The highest BCUT2D eigenvalue weighted by Crippen LogP contribution is 2.42. The Labute approximate surface area is 295 Å². The van der Waals surface area contributed by atoms with Crippen molar-refractivity contribution < 1.29 is 11.3 Å². The average molecular weight is 648 g/mol. The molecular formula is C45H30N4O. The van der Waals surface area contributed by atoms with Crippen molar-refractivity contribution in [1.29, 1.82) is 0 Å². The Kier molecular flexibility index (Phi) is 5.46. The van der Waals surface area contributed by atoms with E-state index in [2.05, 4.69) is 59.2 Å². The maximum atomic E-state index is 8.66. The van der Waals surface area contributed by atoms with E-state index in [1.165, 1.54) is 0 Å². The number of aromatic nitrogens is 4. The van der Waals surface area contributed by atoms with Crippen LogP contribution in [-0.2, 0) is 0 Å². The van der Waals surface area contributed by atoms with Gasteiger partial charge in [-0.2, -0.15) is 0 Å². The summed E-state index contributed by atoms with van der Waals surface area (Å²) in [6, 6.07) is 45.1. The van der Waals surface area contributed by atoms with Crippen molar-refractivity contribution in [2.24, 2.45) is 0 Å². The summed E-state index contributed by atoms with van der Waals surface area (Å²) < 4.78 is 51.0. The van der Waals surface area contributed by atoms with Gasteiger partial charge in [0, 0.05) is 35.6 Å². The van der Waals surface area contributed by atoms with Gasteiger partial charge in [-0.3, -0.25) is 0 Å². The Bertz CT molecular complexity index is 3020. The number of para-hydroxylation sites is 2. The Hall–Kier alpha value is -6.59. The number of hydrogen-bond donors (Lipinski definition) is 0. The van der Waals surface area contributed by atoms with Crippen molar-refractivity contribution in [3.63, 3.8) is 0 Å². The molecule has 5 nitrogen and oxygen atoms in total. The molecule has 0 saturated heterocycles. The summed E-state index contributed by atoms with van der Waals surface area (Å²) in [5.41, 5.74) is 7.39. The summed E-state index contributed by atoms with van der Waals surface area (Å²) in [6.07, 6.45) is -2.53. The molecular weight excluding hydrogens is 613 g/mol. The first-order valence-electron chi connectivity index (χ1n) is 19.1. The number of allylic oxidation sites excluding steroid dienone is 4. The monoisotopic (exact) mass is 647 g/mol. The second-order valence-electron chi connectivity index (χ2n) is 12.2. The second kappa shape index (κ2) is 11.5. The SMILES string of the molecule is [2H]C1=C([2H])C([2H])C([2H])C([2H])=C1c1cccc(-c2nc(-c3ccccc3)nc(-c3cccc4oc5cccc(-n6c7ccccc7c7ccccc76)c5c34)n2)c1. The van der Waals surface area contributed by atoms with Gasteiger partial charge in [0.2, 0.25) is 0 Å². The lowest BCUT2D eigenvalue weighted by Crippen LogP contribution is -2.01. The van der Waals surface area contributed by atoms with E-state index in [1.807, 2.05) is 66.7 Å². The van der Waals surface area contributed by atoms with Gasteiger partial charge in [0.15, 0.2) is 17.5 Å². The van der Waals surface area contributed by atoms with Crippen LogP contribution in [0.15, 0.2) is 162 Å². The molecule has 0 N–H and O–H groups in total. The lowest BCUT2D eigenvalue weighted by Gasteiger charge is -2.12. The van der Waals surface area contributed by atoms with Gasteiger partial charge in [-0.1, -0.05) is 121 Å². The largest absolute Gasteiger partial charge is 0.456 e. The molecule has 2 atom stereocenters. The zero-order valence-electron chi connectivity index (χ0n) is 31.6. The van der Waals surface area contributed by atoms with Gasteiger partial charge in [-0.05, 0) is 60.3 Å². The molecule has 1 aliphatic carbocycles. The molecule has 0 aliphatic heterocycles. The van der Waals surface area contributed by atoms with Gasteiger partial charge < -0.3 is 8.98 Å². The van der Waals surface area contributed by atoms with Crippen molar-refractivity contribution in [1.82, 2.24) is 19.5 Å². The first-order chi connectivity index (χ1) is 26.9. The molecule has 6 aromatic carbocycles. The maximum Gasteiger partial charge on any atom is 0.164 e. The van der Waals surface area contributed by atoms with E-state index in [0.29, 0.717) is 34.2 Å². The summed E-state index contributed by atoms with van der Waals surface area (Å²) in [5, 5.41) is 4.11. The van der Waals surface area contributed by atoms with Crippen molar-refractivity contribution in [3.8, 4) is 39.9 Å². The first-order valence-corrected chi connectivity index (χ1v) is 16.5. The van der Waals surface area contributed by atoms with Crippen LogP contribution in [0.4, 0.5) is 0 Å². The predicted molar refractivity (Wildman–Crippen MR) is 204 cm³/mol. The molecule has 1 aliphatic rings. The second-order valence-corrected chi connectivity index (χ2v) is 12.2. The molecule has 0 spiro atoms. The third-order valence-electron chi connectivity index (χ3n) is 9.23. The fourth-order valence-corrected chi connectivity index (χ4v) is 7.03. The molecule has 0 radical (unpaired) electrons. The predicted octanol–water partition coefficient (Wildman–Crippen LogP) is 11.6. The minimum Gasteiger partial charge on any atom is -0.456 e. The van der Waals surface area contributed by atoms with Gasteiger partial charge in [0.05, 0.1) is 26.2 Å². The van der Waals surface area contributed by atoms with E-state index in [0.717, 1.165) is 55.0 Å². The average Bonchev–Trinajstić information content (AvgIpc) is 3.79. The third kappa shape index (κ3) is 4.59. The van der Waals surface area contributed by atoms with Crippen LogP contribution in [0.2, 0.25) is 0 Å². The minimum atomic E-state index is -1.27. The highest BCUT2D eigenvalue weighted by Gasteiger charge is 2.22. The molecule has 50 heavy (non-hydrogen) atoms. The van der Waals surface area contributed by atoms with E-state index >= 15 is 0 Å². The molecule has 2 unspecified atom stereocenters. The molecule has 0 amide bonds. The summed E-state index contributed by atoms with van der Waals surface area (Å²) in [4.78, 5) is 15.1. The molecule has 10 rings (SSSR count). The van der Waals surface area contributed by atoms with Crippen molar-refractivity contribution >= 4 is 49.3 Å². The lowest BCUT2D eigenvalue weighted by atomic mass is 9.98. The third-order valence-corrected chi connectivity index (χ3v) is 9.23. The first kappa shape index (κ1) is 23.7. The lowest BCUT2D eigenvalue weighted by molar-refractivity contribution is 0.669. The van der Waals surface area contributed by atoms with Crippen LogP contribution in [0, 0.1) is 0 Å². The number of furan rings is 1. The highest BCUT2D eigenvalue weighted by atomic mass is 16.3. The smallest absolute Gasteiger partial charge is 0.164 e. The number of nitrogens with zero attached hydrogens (tertiary/aromatic N) is 4. The van der Waals surface area contributed by atoms with Gasteiger partial charge in [0.25, 0.3) is 0 Å². The van der Waals surface area contributed by atoms with Crippen molar-refractivity contribution in [3.05, 3.63) is 163 Å². The van der Waals surface area contributed by atoms with E-state index in [1.54, 1.807) is 18.2 Å². The van der Waals surface area contributed by atoms with Crippen molar-refractivity contribution in [2.45, 2.75) is 12.8 Å². The van der Waals surface area contributed by atoms with Crippen LogP contribution in [0.5, 0.6) is 0 Å². The maximum absolute atomic E-state index is 8.66. The van der Waals surface area contributed by atoms with Crippen LogP contribution >= 0.6 is 0 Å². The van der Waals surface area contributed by atoms with E-state index in [-0.39, 0.29) is 23.7 Å². The Balaban J connectivity index is 1.22. The van der Waals surface area contributed by atoms with Gasteiger partial charge in [0.1, 0.15) is 11.2 Å². The molecule has 0 saturated carbocycles. The molecule has 5 heteroatoms. The van der Waals surface area contributed by atoms with Gasteiger partial charge in [-0.25, -0.2) is 15.0 Å². The van der Waals surface area contributed by atoms with E-state index in [4.69, 9.17) is 26.2 Å². The molecule has 9 aromatic rings. The molecule has 236 valence electrons. The summed E-state index contributed by atoms with van der Waals surface area (Å²) in [6.45, 7) is 0. The van der Waals surface area contributed by atoms with Crippen LogP contribution in [-0.4, -0.2) is 19.5 Å². The van der Waals surface area contributed by atoms with Crippen molar-refractivity contribution in [2.75, 3.05) is 0 Å². The summed E-state index contributed by atoms with van der Waals surface area (Å²) in [5.74, 6) is 1.29. The van der Waals surface area contributed by atoms with Crippen LogP contribution in [0.25, 0.3) is 89.2 Å². The Morgan fingerprint density at radius 1 is 0.560 bits per heavy atom. The van der Waals surface area contributed by atoms with Crippen LogP contribution < -0.4 is 0 Å². The zero-order chi connectivity index (χ0) is 37.4. The number of hydrogen-bond acceptors (Lipinski definition) is 4. The normalized spacial score (nSPS) is 18.0. The summed E-state index contributed by atoms with van der Waals surface area (Å²) in [7, 11) is 0. The number of fused-ring (bicyclic) bond motifs is 6. The zero-order valence-corrected chi connectivity index (χ0v) is 26.6. The number of rotatable bonds is 5. The van der Waals surface area contributed by atoms with Crippen LogP contribution in [0.3, 0.4) is 0 Å². The van der Waals surface area contributed by atoms with Gasteiger partial charge in [-0.15, -0.1) is 0 Å². The van der Waals surface area contributed by atoms with E-state index in [9.17, 15) is 0 Å². The molecule has 0 fully saturated rings. The quantitative estimate of drug-likeness (QED) is 0.186. The minimum absolute atomic E-state index is 0.156. The fourth-order valence-electron chi connectivity index (χ4n) is 7.03. The van der Waals surface area contributed by atoms with Gasteiger partial charge >= 0.3 is 0 Å². The van der Waals surface area contributed by atoms with Crippen LogP contribution in [0.1, 0.15) is 25.2 Å². The topological polar surface area (TPSA) is 56.7 Å².